The molecule has 0 saturated heterocycles. The van der Waals surface area contributed by atoms with E-state index >= 15 is 0 Å². The summed E-state index contributed by atoms with van der Waals surface area (Å²) in [5.41, 5.74) is 3.56. The van der Waals surface area contributed by atoms with Crippen LogP contribution >= 0.6 is 0 Å². The second-order valence-electron chi connectivity index (χ2n) is 6.37. The van der Waals surface area contributed by atoms with Crippen LogP contribution in [0.5, 0.6) is 0 Å². The Hall–Kier alpha value is -2.42. The number of unbranched alkanes of at least 4 members (excludes halogenated alkanes) is 2. The third-order valence-corrected chi connectivity index (χ3v) is 4.25. The summed E-state index contributed by atoms with van der Waals surface area (Å²) in [6.45, 7) is 9.75. The number of carbonyl (C=O) groups is 2. The fraction of sp³-hybridized carbons (Fsp3) is 0.333. The van der Waals surface area contributed by atoms with Gasteiger partial charge >= 0.3 is 0 Å². The highest BCUT2D eigenvalue weighted by Gasteiger charge is 2.30. The standard InChI is InChI=1S/C21H24O3/c1-5-6-7-8-15-12-18(22)19(21(24)20(15)23)17-11-14(4)9-10-16(17)13(2)3/h9-12,24H,2,5-8H2,1,3-4H3. The Labute approximate surface area is 143 Å². The molecule has 126 valence electrons. The Morgan fingerprint density at radius 1 is 1.21 bits per heavy atom. The molecule has 0 saturated carbocycles. The normalized spacial score (nSPS) is 14.9. The van der Waals surface area contributed by atoms with Crippen molar-refractivity contribution in [3.05, 3.63) is 58.9 Å². The predicted molar refractivity (Wildman–Crippen MR) is 97.7 cm³/mol. The third kappa shape index (κ3) is 3.56. The first kappa shape index (κ1) is 17.9. The maximum atomic E-state index is 12.6. The van der Waals surface area contributed by atoms with Gasteiger partial charge in [-0.15, -0.1) is 0 Å². The highest BCUT2D eigenvalue weighted by atomic mass is 16.3. The minimum atomic E-state index is -0.443. The molecule has 0 radical (unpaired) electrons. The Bertz CT molecular complexity index is 763. The minimum Gasteiger partial charge on any atom is -0.504 e. The van der Waals surface area contributed by atoms with Crippen LogP contribution in [0.3, 0.4) is 0 Å². The number of hydrogen-bond acceptors (Lipinski definition) is 3. The Morgan fingerprint density at radius 3 is 2.54 bits per heavy atom. The summed E-state index contributed by atoms with van der Waals surface area (Å²) in [6, 6.07) is 5.61. The third-order valence-electron chi connectivity index (χ3n) is 4.25. The second kappa shape index (κ2) is 7.43. The van der Waals surface area contributed by atoms with Crippen molar-refractivity contribution >= 4 is 22.7 Å². The lowest BCUT2D eigenvalue weighted by molar-refractivity contribution is -0.116. The average Bonchev–Trinajstić information content (AvgIpc) is 2.52. The number of Topliss-reactive ketones (excluding diaryl/α,β-unsaturated/α-hetero) is 1. The van der Waals surface area contributed by atoms with Crippen LogP contribution in [0, 0.1) is 6.92 Å². The van der Waals surface area contributed by atoms with Crippen molar-refractivity contribution in [2.45, 2.75) is 46.5 Å². The van der Waals surface area contributed by atoms with Gasteiger partial charge in [-0.2, -0.15) is 0 Å². The molecule has 0 spiro atoms. The van der Waals surface area contributed by atoms with E-state index in [2.05, 4.69) is 13.5 Å². The van der Waals surface area contributed by atoms with Crippen LogP contribution in [-0.4, -0.2) is 16.7 Å². The number of aryl methyl sites for hydroxylation is 1. The molecule has 0 unspecified atom stereocenters. The van der Waals surface area contributed by atoms with Crippen LogP contribution in [0.15, 0.2) is 42.2 Å². The van der Waals surface area contributed by atoms with Gasteiger partial charge in [0.2, 0.25) is 5.78 Å². The average molecular weight is 324 g/mol. The Morgan fingerprint density at radius 2 is 1.92 bits per heavy atom. The molecular formula is C21H24O3. The van der Waals surface area contributed by atoms with Crippen molar-refractivity contribution in [1.29, 1.82) is 0 Å². The van der Waals surface area contributed by atoms with Gasteiger partial charge in [0, 0.05) is 5.57 Å². The molecule has 0 aliphatic heterocycles. The molecule has 3 nitrogen and oxygen atoms in total. The van der Waals surface area contributed by atoms with Gasteiger partial charge < -0.3 is 5.11 Å². The molecule has 0 bridgehead atoms. The first-order valence-corrected chi connectivity index (χ1v) is 8.36. The van der Waals surface area contributed by atoms with Gasteiger partial charge in [-0.1, -0.05) is 55.7 Å². The maximum absolute atomic E-state index is 12.6. The van der Waals surface area contributed by atoms with Crippen molar-refractivity contribution in [2.75, 3.05) is 0 Å². The first-order chi connectivity index (χ1) is 11.4. The fourth-order valence-electron chi connectivity index (χ4n) is 2.93. The zero-order chi connectivity index (χ0) is 17.9. The molecule has 0 fully saturated rings. The molecule has 3 heteroatoms. The molecule has 1 aliphatic carbocycles. The molecular weight excluding hydrogens is 300 g/mol. The van der Waals surface area contributed by atoms with Crippen LogP contribution in [-0.2, 0) is 9.59 Å². The van der Waals surface area contributed by atoms with Gasteiger partial charge in [0.15, 0.2) is 11.5 Å². The number of rotatable bonds is 6. The van der Waals surface area contributed by atoms with Gasteiger partial charge in [0.1, 0.15) is 0 Å². The molecule has 0 aromatic heterocycles. The summed E-state index contributed by atoms with van der Waals surface area (Å²) < 4.78 is 0. The van der Waals surface area contributed by atoms with Crippen LogP contribution < -0.4 is 0 Å². The Kier molecular flexibility index (Phi) is 5.55. The monoisotopic (exact) mass is 324 g/mol. The van der Waals surface area contributed by atoms with Crippen molar-refractivity contribution in [3.63, 3.8) is 0 Å². The molecule has 0 heterocycles. The number of benzene rings is 1. The summed E-state index contributed by atoms with van der Waals surface area (Å²) in [6.07, 6.45) is 4.78. The Balaban J connectivity index is 2.46. The van der Waals surface area contributed by atoms with E-state index in [0.29, 0.717) is 17.6 Å². The molecule has 1 aromatic rings. The summed E-state index contributed by atoms with van der Waals surface area (Å²) in [5.74, 6) is -1.19. The minimum absolute atomic E-state index is 0.0842. The first-order valence-electron chi connectivity index (χ1n) is 8.36. The number of aliphatic hydroxyl groups is 1. The SMILES string of the molecule is C=C(C)c1ccc(C)cc1C1=C(O)C(=O)C(CCCCC)=CC1=O. The van der Waals surface area contributed by atoms with Crippen molar-refractivity contribution < 1.29 is 14.7 Å². The number of carbonyl (C=O) groups excluding carboxylic acids is 2. The largest absolute Gasteiger partial charge is 0.504 e. The zero-order valence-electron chi connectivity index (χ0n) is 14.6. The number of ketones is 2. The lowest BCUT2D eigenvalue weighted by Gasteiger charge is -2.18. The molecule has 0 atom stereocenters. The zero-order valence-corrected chi connectivity index (χ0v) is 14.6. The van der Waals surface area contributed by atoms with Gasteiger partial charge in [-0.05, 0) is 43.9 Å². The van der Waals surface area contributed by atoms with Crippen molar-refractivity contribution in [2.24, 2.45) is 0 Å². The molecule has 0 amide bonds. The van der Waals surface area contributed by atoms with Crippen molar-refractivity contribution in [3.8, 4) is 0 Å². The topological polar surface area (TPSA) is 54.4 Å². The summed E-state index contributed by atoms with van der Waals surface area (Å²) in [5, 5.41) is 10.4. The summed E-state index contributed by atoms with van der Waals surface area (Å²) >= 11 is 0. The van der Waals surface area contributed by atoms with Gasteiger partial charge in [-0.3, -0.25) is 9.59 Å². The lowest BCUT2D eigenvalue weighted by atomic mass is 9.85. The number of aliphatic hydroxyl groups excluding tert-OH is 1. The smallest absolute Gasteiger partial charge is 0.224 e. The van der Waals surface area contributed by atoms with E-state index in [0.717, 1.165) is 36.0 Å². The number of hydrogen-bond donors (Lipinski definition) is 1. The van der Waals surface area contributed by atoms with Gasteiger partial charge in [0.05, 0.1) is 5.57 Å². The van der Waals surface area contributed by atoms with E-state index in [1.807, 2.05) is 32.0 Å². The molecule has 1 aromatic carbocycles. The summed E-state index contributed by atoms with van der Waals surface area (Å²) in [4.78, 5) is 25.1. The van der Waals surface area contributed by atoms with Gasteiger partial charge in [-0.25, -0.2) is 0 Å². The van der Waals surface area contributed by atoms with Crippen LogP contribution in [0.25, 0.3) is 11.1 Å². The fourth-order valence-corrected chi connectivity index (χ4v) is 2.93. The summed E-state index contributed by atoms with van der Waals surface area (Å²) in [7, 11) is 0. The molecule has 1 aliphatic rings. The number of allylic oxidation sites excluding steroid dienone is 4. The van der Waals surface area contributed by atoms with E-state index in [1.54, 1.807) is 0 Å². The molecule has 2 rings (SSSR count). The maximum Gasteiger partial charge on any atom is 0.224 e. The van der Waals surface area contributed by atoms with E-state index in [-0.39, 0.29) is 11.4 Å². The van der Waals surface area contributed by atoms with E-state index in [9.17, 15) is 14.7 Å². The lowest BCUT2D eigenvalue weighted by Crippen LogP contribution is -2.19. The molecule has 24 heavy (non-hydrogen) atoms. The highest BCUT2D eigenvalue weighted by molar-refractivity contribution is 6.37. The van der Waals surface area contributed by atoms with Crippen molar-refractivity contribution in [1.82, 2.24) is 0 Å². The van der Waals surface area contributed by atoms with E-state index < -0.39 is 11.5 Å². The molecule has 1 N–H and O–H groups in total. The van der Waals surface area contributed by atoms with Crippen LogP contribution in [0.4, 0.5) is 0 Å². The van der Waals surface area contributed by atoms with Crippen LogP contribution in [0.1, 0.15) is 56.2 Å². The van der Waals surface area contributed by atoms with Crippen LogP contribution in [0.2, 0.25) is 0 Å². The van der Waals surface area contributed by atoms with Gasteiger partial charge in [0.25, 0.3) is 0 Å². The quantitative estimate of drug-likeness (QED) is 0.594. The second-order valence-corrected chi connectivity index (χ2v) is 6.37. The van der Waals surface area contributed by atoms with E-state index in [1.165, 1.54) is 6.08 Å². The van der Waals surface area contributed by atoms with E-state index in [4.69, 9.17) is 0 Å². The predicted octanol–water partition coefficient (Wildman–Crippen LogP) is 4.96. The highest BCUT2D eigenvalue weighted by Crippen LogP contribution is 2.32.